The average molecular weight is 429 g/mol. The van der Waals surface area contributed by atoms with Gasteiger partial charge in [-0.15, -0.1) is 0 Å². The fourth-order valence-corrected chi connectivity index (χ4v) is 4.61. The zero-order valence-electron chi connectivity index (χ0n) is 15.2. The molecule has 0 fully saturated rings. The number of hydrogen-bond acceptors (Lipinski definition) is 3. The predicted octanol–water partition coefficient (Wildman–Crippen LogP) is 4.49. The Hall–Kier alpha value is -1.76. The molecule has 0 bridgehead atoms. The third-order valence-electron chi connectivity index (χ3n) is 3.88. The number of carbonyl (C=O) groups excluding carboxylic acids is 1. The van der Waals surface area contributed by atoms with Crippen LogP contribution >= 0.6 is 23.2 Å². The molecule has 1 amide bonds. The molecule has 146 valence electrons. The number of sulfonamides is 1. The number of carbonyl (C=O) groups is 1. The summed E-state index contributed by atoms with van der Waals surface area (Å²) in [4.78, 5) is 12.6. The van der Waals surface area contributed by atoms with Gasteiger partial charge in [0, 0.05) is 16.1 Å². The maximum absolute atomic E-state index is 13.2. The molecule has 0 aliphatic carbocycles. The van der Waals surface area contributed by atoms with E-state index in [9.17, 15) is 13.2 Å². The number of amides is 1. The van der Waals surface area contributed by atoms with E-state index in [2.05, 4.69) is 5.32 Å². The molecule has 2 rings (SSSR count). The van der Waals surface area contributed by atoms with Crippen molar-refractivity contribution < 1.29 is 13.2 Å². The normalized spacial score (nSPS) is 12.4. The van der Waals surface area contributed by atoms with E-state index in [1.54, 1.807) is 18.2 Å². The second-order valence-electron chi connectivity index (χ2n) is 6.21. The Kier molecular flexibility index (Phi) is 7.53. The van der Waals surface area contributed by atoms with Crippen LogP contribution in [-0.2, 0) is 14.8 Å². The number of hydrogen-bond donors (Lipinski definition) is 1. The maximum atomic E-state index is 13.2. The Labute approximate surface area is 170 Å². The van der Waals surface area contributed by atoms with Gasteiger partial charge in [-0.3, -0.25) is 9.10 Å². The van der Waals surface area contributed by atoms with Crippen LogP contribution in [-0.4, -0.2) is 26.9 Å². The third kappa shape index (κ3) is 5.86. The van der Waals surface area contributed by atoms with Crippen LogP contribution in [0.15, 0.2) is 53.4 Å². The number of nitrogens with one attached hydrogen (secondary N) is 1. The quantitative estimate of drug-likeness (QED) is 0.672. The Balaban J connectivity index is 2.41. The lowest BCUT2D eigenvalue weighted by molar-refractivity contribution is -0.120. The first-order valence-corrected chi connectivity index (χ1v) is 10.8. The van der Waals surface area contributed by atoms with Crippen molar-refractivity contribution in [2.75, 3.05) is 10.8 Å². The van der Waals surface area contributed by atoms with Crippen molar-refractivity contribution in [1.29, 1.82) is 0 Å². The van der Waals surface area contributed by atoms with Gasteiger partial charge in [-0.2, -0.15) is 0 Å². The number of halogens is 2. The summed E-state index contributed by atoms with van der Waals surface area (Å²) in [7, 11) is -3.98. The Morgan fingerprint density at radius 3 is 2.26 bits per heavy atom. The van der Waals surface area contributed by atoms with E-state index in [1.165, 1.54) is 30.3 Å². The summed E-state index contributed by atoms with van der Waals surface area (Å²) in [5.74, 6) is -0.397. The van der Waals surface area contributed by atoms with Crippen LogP contribution in [0.5, 0.6) is 0 Å². The molecule has 1 N–H and O–H groups in total. The highest BCUT2D eigenvalue weighted by atomic mass is 35.5. The van der Waals surface area contributed by atoms with E-state index in [0.717, 1.165) is 17.1 Å². The number of benzene rings is 2. The van der Waals surface area contributed by atoms with Crippen molar-refractivity contribution in [3.05, 3.63) is 58.6 Å². The molecule has 1 atom stereocenters. The highest BCUT2D eigenvalue weighted by Gasteiger charge is 2.28. The third-order valence-corrected chi connectivity index (χ3v) is 6.11. The van der Waals surface area contributed by atoms with Crippen LogP contribution in [0, 0.1) is 0 Å². The second-order valence-corrected chi connectivity index (χ2v) is 8.94. The highest BCUT2D eigenvalue weighted by molar-refractivity contribution is 7.92. The molecule has 0 aliphatic heterocycles. The van der Waals surface area contributed by atoms with E-state index < -0.39 is 15.9 Å². The summed E-state index contributed by atoms with van der Waals surface area (Å²) < 4.78 is 27.3. The monoisotopic (exact) mass is 428 g/mol. The Morgan fingerprint density at radius 2 is 1.70 bits per heavy atom. The largest absolute Gasteiger partial charge is 0.352 e. The average Bonchev–Trinajstić information content (AvgIpc) is 2.59. The first-order valence-electron chi connectivity index (χ1n) is 8.57. The lowest BCUT2D eigenvalue weighted by Crippen LogP contribution is -2.43. The van der Waals surface area contributed by atoms with E-state index in [-0.39, 0.29) is 33.2 Å². The van der Waals surface area contributed by atoms with Crippen LogP contribution in [0.1, 0.15) is 26.7 Å². The van der Waals surface area contributed by atoms with Gasteiger partial charge >= 0.3 is 0 Å². The molecule has 0 saturated heterocycles. The summed E-state index contributed by atoms with van der Waals surface area (Å²) in [5, 5.41) is 3.39. The van der Waals surface area contributed by atoms with Crippen molar-refractivity contribution in [2.24, 2.45) is 0 Å². The molecule has 0 radical (unpaired) electrons. The van der Waals surface area contributed by atoms with Crippen molar-refractivity contribution in [3.8, 4) is 0 Å². The molecule has 8 heteroatoms. The van der Waals surface area contributed by atoms with Gasteiger partial charge < -0.3 is 5.32 Å². The minimum absolute atomic E-state index is 0.0493. The lowest BCUT2D eigenvalue weighted by Gasteiger charge is -2.25. The molecule has 0 saturated carbocycles. The molecule has 2 aromatic carbocycles. The van der Waals surface area contributed by atoms with Crippen LogP contribution in [0.25, 0.3) is 0 Å². The van der Waals surface area contributed by atoms with E-state index in [1.807, 2.05) is 13.8 Å². The van der Waals surface area contributed by atoms with Gasteiger partial charge in [0.05, 0.1) is 10.6 Å². The standard InChI is InChI=1S/C19H22Cl2N2O3S/c1-3-7-14(2)22-19(24)13-23(17-11-15(20)10-16(21)12-17)27(25,26)18-8-5-4-6-9-18/h4-6,8-12,14H,3,7,13H2,1-2H3,(H,22,24)/t14-/m0/s1. The zero-order chi connectivity index (χ0) is 20.0. The van der Waals surface area contributed by atoms with Crippen LogP contribution in [0.4, 0.5) is 5.69 Å². The molecule has 0 heterocycles. The van der Waals surface area contributed by atoms with Crippen molar-refractivity contribution in [2.45, 2.75) is 37.6 Å². The molecule has 0 aliphatic rings. The molecule has 0 aromatic heterocycles. The molecule has 0 spiro atoms. The van der Waals surface area contributed by atoms with Gasteiger partial charge in [0.1, 0.15) is 6.54 Å². The molecular weight excluding hydrogens is 407 g/mol. The second kappa shape index (κ2) is 9.44. The molecule has 27 heavy (non-hydrogen) atoms. The van der Waals surface area contributed by atoms with Gasteiger partial charge in [-0.05, 0) is 43.7 Å². The smallest absolute Gasteiger partial charge is 0.264 e. The minimum atomic E-state index is -3.98. The molecule has 2 aromatic rings. The topological polar surface area (TPSA) is 66.5 Å². The summed E-state index contributed by atoms with van der Waals surface area (Å²) in [6, 6.07) is 12.3. The van der Waals surface area contributed by atoms with Crippen molar-refractivity contribution in [1.82, 2.24) is 5.32 Å². The summed E-state index contributed by atoms with van der Waals surface area (Å²) in [5.41, 5.74) is 0.231. The lowest BCUT2D eigenvalue weighted by atomic mass is 10.2. The number of nitrogens with zero attached hydrogens (tertiary/aromatic N) is 1. The van der Waals surface area contributed by atoms with Crippen LogP contribution in [0.2, 0.25) is 10.0 Å². The van der Waals surface area contributed by atoms with E-state index >= 15 is 0 Å². The van der Waals surface area contributed by atoms with E-state index in [0.29, 0.717) is 0 Å². The van der Waals surface area contributed by atoms with Gasteiger partial charge in [0.2, 0.25) is 5.91 Å². The predicted molar refractivity (Wildman–Crippen MR) is 110 cm³/mol. The van der Waals surface area contributed by atoms with Gasteiger partial charge in [0.15, 0.2) is 0 Å². The maximum Gasteiger partial charge on any atom is 0.264 e. The van der Waals surface area contributed by atoms with Gasteiger partial charge in [0.25, 0.3) is 10.0 Å². The fourth-order valence-electron chi connectivity index (χ4n) is 2.67. The zero-order valence-corrected chi connectivity index (χ0v) is 17.5. The Bertz CT molecular complexity index is 869. The molecule has 0 unspecified atom stereocenters. The van der Waals surface area contributed by atoms with Crippen LogP contribution in [0.3, 0.4) is 0 Å². The SMILES string of the molecule is CCC[C@H](C)NC(=O)CN(c1cc(Cl)cc(Cl)c1)S(=O)(=O)c1ccccc1. The van der Waals surface area contributed by atoms with Gasteiger partial charge in [-0.25, -0.2) is 8.42 Å². The first-order chi connectivity index (χ1) is 12.7. The molecular formula is C19H22Cl2N2O3S. The van der Waals surface area contributed by atoms with E-state index in [4.69, 9.17) is 23.2 Å². The van der Waals surface area contributed by atoms with Crippen LogP contribution < -0.4 is 9.62 Å². The van der Waals surface area contributed by atoms with Gasteiger partial charge in [-0.1, -0.05) is 54.7 Å². The summed E-state index contributed by atoms with van der Waals surface area (Å²) in [6.45, 7) is 3.53. The minimum Gasteiger partial charge on any atom is -0.352 e. The number of anilines is 1. The first kappa shape index (κ1) is 21.5. The van der Waals surface area contributed by atoms with Crippen molar-refractivity contribution in [3.63, 3.8) is 0 Å². The summed E-state index contributed by atoms with van der Waals surface area (Å²) >= 11 is 12.1. The highest BCUT2D eigenvalue weighted by Crippen LogP contribution is 2.29. The summed E-state index contributed by atoms with van der Waals surface area (Å²) in [6.07, 6.45) is 1.72. The number of rotatable bonds is 8. The molecule has 5 nitrogen and oxygen atoms in total. The Morgan fingerprint density at radius 1 is 1.11 bits per heavy atom. The fraction of sp³-hybridized carbons (Fsp3) is 0.316. The van der Waals surface area contributed by atoms with Crippen molar-refractivity contribution >= 4 is 44.8 Å².